The van der Waals surface area contributed by atoms with E-state index in [1.54, 1.807) is 30.7 Å². The van der Waals surface area contributed by atoms with Crippen LogP contribution in [0.2, 0.25) is 0 Å². The molecule has 1 N–H and O–H groups in total. The molecule has 0 atom stereocenters. The first-order valence-electron chi connectivity index (χ1n) is 5.20. The maximum absolute atomic E-state index is 11.3. The molecule has 0 fully saturated rings. The Labute approximate surface area is 110 Å². The number of nitrogens with one attached hydrogen (secondary N) is 1. The minimum atomic E-state index is -3.46. The second kappa shape index (κ2) is 5.41. The zero-order valence-electron chi connectivity index (χ0n) is 9.45. The quantitative estimate of drug-likeness (QED) is 0.853. The molecule has 1 aromatic carbocycles. The number of rotatable bonds is 5. The van der Waals surface area contributed by atoms with Gasteiger partial charge in [0.25, 0.3) is 0 Å². The third kappa shape index (κ3) is 3.48. The van der Waals surface area contributed by atoms with Crippen molar-refractivity contribution in [1.29, 1.82) is 0 Å². The highest BCUT2D eigenvalue weighted by molar-refractivity contribution is 7.93. The minimum absolute atomic E-state index is 0.460. The molecule has 2 aromatic rings. The Hall–Kier alpha value is -1.53. The Kier molecular flexibility index (Phi) is 3.88. The number of anilines is 1. The van der Waals surface area contributed by atoms with Crippen LogP contribution in [0.3, 0.4) is 0 Å². The molecule has 1 heterocycles. The molecular formula is C11H12ClN3O2S. The molecule has 0 amide bonds. The van der Waals surface area contributed by atoms with Gasteiger partial charge in [0.1, 0.15) is 5.21 Å². The molecule has 5 nitrogen and oxygen atoms in total. The fourth-order valence-electron chi connectivity index (χ4n) is 1.53. The van der Waals surface area contributed by atoms with Crippen LogP contribution in [0.4, 0.5) is 5.69 Å². The maximum atomic E-state index is 11.3. The van der Waals surface area contributed by atoms with Crippen LogP contribution in [0, 0.1) is 0 Å². The smallest absolute Gasteiger partial charge is 0.246 e. The van der Waals surface area contributed by atoms with Crippen molar-refractivity contribution in [3.05, 3.63) is 48.5 Å². The van der Waals surface area contributed by atoms with Crippen LogP contribution in [0.15, 0.2) is 43.0 Å². The highest BCUT2D eigenvalue weighted by atomic mass is 35.5. The van der Waals surface area contributed by atoms with Crippen LogP contribution in [0.5, 0.6) is 0 Å². The topological polar surface area (TPSA) is 64.0 Å². The molecule has 0 saturated carbocycles. The fraction of sp³-hybridized carbons (Fsp3) is 0.182. The lowest BCUT2D eigenvalue weighted by atomic mass is 10.2. The summed E-state index contributed by atoms with van der Waals surface area (Å²) in [6.45, 7) is 0.635. The van der Waals surface area contributed by atoms with Crippen LogP contribution in [-0.2, 0) is 16.6 Å². The zero-order valence-corrected chi connectivity index (χ0v) is 11.0. The number of nitrogens with zero attached hydrogens (tertiary/aromatic N) is 2. The normalized spacial score (nSPS) is 11.4. The summed E-state index contributed by atoms with van der Waals surface area (Å²) in [6.07, 6.45) is 5.24. The molecular weight excluding hydrogens is 274 g/mol. The van der Waals surface area contributed by atoms with Crippen LogP contribution >= 0.6 is 11.6 Å². The van der Waals surface area contributed by atoms with E-state index in [4.69, 9.17) is 11.6 Å². The number of imidazole rings is 1. The van der Waals surface area contributed by atoms with Crippen molar-refractivity contribution in [2.24, 2.45) is 0 Å². The second-order valence-corrected chi connectivity index (χ2v) is 6.07. The largest absolute Gasteiger partial charge is 0.333 e. The summed E-state index contributed by atoms with van der Waals surface area (Å²) in [6, 6.07) is 7.16. The van der Waals surface area contributed by atoms with Gasteiger partial charge in [-0.1, -0.05) is 12.1 Å². The van der Waals surface area contributed by atoms with Crippen molar-refractivity contribution in [2.45, 2.75) is 6.54 Å². The van der Waals surface area contributed by atoms with Gasteiger partial charge < -0.3 is 4.57 Å². The van der Waals surface area contributed by atoms with E-state index in [-0.39, 0.29) is 0 Å². The predicted molar refractivity (Wildman–Crippen MR) is 71.0 cm³/mol. The van der Waals surface area contributed by atoms with Crippen LogP contribution in [-0.4, -0.2) is 23.2 Å². The summed E-state index contributed by atoms with van der Waals surface area (Å²) in [5.74, 6) is 0. The van der Waals surface area contributed by atoms with E-state index < -0.39 is 15.2 Å². The van der Waals surface area contributed by atoms with Gasteiger partial charge in [-0.15, -0.1) is 11.6 Å². The molecule has 0 saturated heterocycles. The molecule has 0 bridgehead atoms. The molecule has 0 aliphatic carbocycles. The number of halogens is 1. The van der Waals surface area contributed by atoms with Gasteiger partial charge in [0, 0.05) is 24.6 Å². The van der Waals surface area contributed by atoms with Gasteiger partial charge in [-0.2, -0.15) is 0 Å². The van der Waals surface area contributed by atoms with E-state index in [0.717, 1.165) is 5.56 Å². The lowest BCUT2D eigenvalue weighted by molar-refractivity contribution is 0.605. The summed E-state index contributed by atoms with van der Waals surface area (Å²) in [5.41, 5.74) is 1.48. The van der Waals surface area contributed by atoms with Gasteiger partial charge in [0.05, 0.1) is 6.33 Å². The molecule has 2 rings (SSSR count). The standard InChI is InChI=1S/C11H12ClN3O2S/c12-8-18(16,17)14-11-3-1-2-10(6-11)7-15-5-4-13-9-15/h1-6,9,14H,7-8H2. The highest BCUT2D eigenvalue weighted by Crippen LogP contribution is 2.13. The van der Waals surface area contributed by atoms with Crippen molar-refractivity contribution in [2.75, 3.05) is 9.93 Å². The third-order valence-electron chi connectivity index (χ3n) is 2.27. The highest BCUT2D eigenvalue weighted by Gasteiger charge is 2.08. The Morgan fingerprint density at radius 2 is 2.22 bits per heavy atom. The van der Waals surface area contributed by atoms with E-state index in [1.807, 2.05) is 16.8 Å². The minimum Gasteiger partial charge on any atom is -0.333 e. The number of hydrogen-bond acceptors (Lipinski definition) is 3. The fourth-order valence-corrected chi connectivity index (χ4v) is 2.24. The summed E-state index contributed by atoms with van der Waals surface area (Å²) in [5, 5.41) is -0.460. The Morgan fingerprint density at radius 3 is 2.89 bits per heavy atom. The molecule has 1 aromatic heterocycles. The molecule has 18 heavy (non-hydrogen) atoms. The average Bonchev–Trinajstić information content (AvgIpc) is 2.82. The molecule has 0 radical (unpaired) electrons. The maximum Gasteiger partial charge on any atom is 0.246 e. The van der Waals surface area contributed by atoms with E-state index in [2.05, 4.69) is 9.71 Å². The SMILES string of the molecule is O=S(=O)(CCl)Nc1cccc(Cn2ccnc2)c1. The van der Waals surface area contributed by atoms with Crippen LogP contribution in [0.25, 0.3) is 0 Å². The van der Waals surface area contributed by atoms with Gasteiger partial charge in [-0.3, -0.25) is 4.72 Å². The van der Waals surface area contributed by atoms with E-state index in [9.17, 15) is 8.42 Å². The van der Waals surface area contributed by atoms with E-state index >= 15 is 0 Å². The lowest BCUT2D eigenvalue weighted by Gasteiger charge is -2.08. The Bertz CT molecular complexity index is 611. The molecule has 0 unspecified atom stereocenters. The van der Waals surface area contributed by atoms with Gasteiger partial charge in [0.2, 0.25) is 10.0 Å². The summed E-state index contributed by atoms with van der Waals surface area (Å²) < 4.78 is 27.0. The summed E-state index contributed by atoms with van der Waals surface area (Å²) in [4.78, 5) is 3.95. The van der Waals surface area contributed by atoms with E-state index in [1.165, 1.54) is 0 Å². The zero-order chi connectivity index (χ0) is 13.0. The van der Waals surface area contributed by atoms with E-state index in [0.29, 0.717) is 12.2 Å². The number of alkyl halides is 1. The number of benzene rings is 1. The molecule has 7 heteroatoms. The molecule has 0 spiro atoms. The summed E-state index contributed by atoms with van der Waals surface area (Å²) in [7, 11) is -3.46. The number of sulfonamides is 1. The van der Waals surface area contributed by atoms with Crippen LogP contribution < -0.4 is 4.72 Å². The molecule has 0 aliphatic heterocycles. The van der Waals surface area contributed by atoms with Gasteiger partial charge >= 0.3 is 0 Å². The van der Waals surface area contributed by atoms with Gasteiger partial charge in [-0.05, 0) is 17.7 Å². The second-order valence-electron chi connectivity index (χ2n) is 3.76. The Morgan fingerprint density at radius 1 is 1.39 bits per heavy atom. The first-order chi connectivity index (χ1) is 8.59. The summed E-state index contributed by atoms with van der Waals surface area (Å²) >= 11 is 5.34. The lowest BCUT2D eigenvalue weighted by Crippen LogP contribution is -2.13. The van der Waals surface area contributed by atoms with Gasteiger partial charge in [-0.25, -0.2) is 13.4 Å². The van der Waals surface area contributed by atoms with Gasteiger partial charge in [0.15, 0.2) is 0 Å². The first-order valence-corrected chi connectivity index (χ1v) is 7.39. The molecule has 0 aliphatic rings. The van der Waals surface area contributed by atoms with Crippen molar-refractivity contribution in [3.8, 4) is 0 Å². The van der Waals surface area contributed by atoms with Crippen molar-refractivity contribution < 1.29 is 8.42 Å². The van der Waals surface area contributed by atoms with Crippen molar-refractivity contribution >= 4 is 27.3 Å². The first kappa shape index (κ1) is 12.9. The molecule has 96 valence electrons. The third-order valence-corrected chi connectivity index (χ3v) is 3.96. The monoisotopic (exact) mass is 285 g/mol. The Balaban J connectivity index is 2.15. The van der Waals surface area contributed by atoms with Crippen molar-refractivity contribution in [3.63, 3.8) is 0 Å². The number of aromatic nitrogens is 2. The average molecular weight is 286 g/mol. The van der Waals surface area contributed by atoms with Crippen molar-refractivity contribution in [1.82, 2.24) is 9.55 Å². The number of hydrogen-bond donors (Lipinski definition) is 1. The van der Waals surface area contributed by atoms with Crippen LogP contribution in [0.1, 0.15) is 5.56 Å². The predicted octanol–water partition coefficient (Wildman–Crippen LogP) is 1.87.